The Hall–Kier alpha value is -1.07. The number of carbonyl (C=O) groups is 1. The predicted molar refractivity (Wildman–Crippen MR) is 85.8 cm³/mol. The maximum absolute atomic E-state index is 13.4. The monoisotopic (exact) mass is 310 g/mol. The molecule has 116 valence electrons. The lowest BCUT2D eigenvalue weighted by Gasteiger charge is -2.28. The number of likely N-dealkylation sites (tertiary alicyclic amines) is 1. The Morgan fingerprint density at radius 1 is 1.48 bits per heavy atom. The van der Waals surface area contributed by atoms with E-state index in [0.717, 1.165) is 37.2 Å². The zero-order chi connectivity index (χ0) is 15.1. The molecule has 0 saturated carbocycles. The molecular weight excluding hydrogens is 287 g/mol. The van der Waals surface area contributed by atoms with Gasteiger partial charge in [-0.2, -0.15) is 11.8 Å². The molecule has 1 saturated heterocycles. The first-order valence-electron chi connectivity index (χ1n) is 7.44. The van der Waals surface area contributed by atoms with Crippen molar-refractivity contribution in [2.24, 2.45) is 5.92 Å². The van der Waals surface area contributed by atoms with Crippen LogP contribution in [0.4, 0.5) is 4.39 Å². The van der Waals surface area contributed by atoms with Crippen LogP contribution in [0.15, 0.2) is 24.3 Å². The summed E-state index contributed by atoms with van der Waals surface area (Å²) in [6, 6.07) is 6.83. The molecule has 1 aliphatic rings. The van der Waals surface area contributed by atoms with Crippen molar-refractivity contribution in [3.05, 3.63) is 35.6 Å². The summed E-state index contributed by atoms with van der Waals surface area (Å²) >= 11 is 1.64. The van der Waals surface area contributed by atoms with Gasteiger partial charge in [0.05, 0.1) is 5.92 Å². The lowest BCUT2D eigenvalue weighted by atomic mass is 9.98. The fraction of sp³-hybridized carbons (Fsp3) is 0.562. The molecule has 0 aliphatic carbocycles. The average molecular weight is 310 g/mol. The van der Waals surface area contributed by atoms with E-state index >= 15 is 0 Å². The second-order valence-corrected chi connectivity index (χ2v) is 6.64. The highest BCUT2D eigenvalue weighted by Gasteiger charge is 2.23. The largest absolute Gasteiger partial charge is 0.355 e. The summed E-state index contributed by atoms with van der Waals surface area (Å²) in [5.74, 6) is 1.59. The normalized spacial score (nSPS) is 19.4. The van der Waals surface area contributed by atoms with E-state index in [1.165, 1.54) is 6.07 Å². The molecule has 1 amide bonds. The highest BCUT2D eigenvalue weighted by atomic mass is 32.2. The number of carbonyl (C=O) groups excluding carboxylic acids is 1. The molecule has 0 spiro atoms. The Morgan fingerprint density at radius 3 is 3.05 bits per heavy atom. The van der Waals surface area contributed by atoms with Gasteiger partial charge in [0.15, 0.2) is 0 Å². The van der Waals surface area contributed by atoms with Gasteiger partial charge < -0.3 is 10.2 Å². The van der Waals surface area contributed by atoms with Crippen molar-refractivity contribution in [3.8, 4) is 0 Å². The number of piperidine rings is 1. The summed E-state index contributed by atoms with van der Waals surface area (Å²) in [5.41, 5.74) is 0.725. The number of nitrogens with one attached hydrogen (secondary N) is 1. The quantitative estimate of drug-likeness (QED) is 0.820. The van der Waals surface area contributed by atoms with E-state index in [1.54, 1.807) is 23.9 Å². The summed E-state index contributed by atoms with van der Waals surface area (Å²) in [6.45, 7) is 2.59. The summed E-state index contributed by atoms with van der Waals surface area (Å²) in [6.07, 6.45) is 2.08. The van der Waals surface area contributed by atoms with Crippen LogP contribution in [-0.2, 0) is 10.5 Å². The second kappa shape index (κ2) is 8.39. The van der Waals surface area contributed by atoms with Gasteiger partial charge in [0.25, 0.3) is 0 Å². The number of halogens is 1. The topological polar surface area (TPSA) is 32.3 Å². The van der Waals surface area contributed by atoms with E-state index < -0.39 is 0 Å². The number of hydrogen-bond acceptors (Lipinski definition) is 3. The molecule has 1 heterocycles. The zero-order valence-corrected chi connectivity index (χ0v) is 13.3. The lowest BCUT2D eigenvalue weighted by molar-refractivity contribution is -0.126. The second-order valence-electron chi connectivity index (χ2n) is 5.54. The van der Waals surface area contributed by atoms with Crippen LogP contribution in [0.3, 0.4) is 0 Å². The molecule has 0 unspecified atom stereocenters. The van der Waals surface area contributed by atoms with Gasteiger partial charge in [0, 0.05) is 24.6 Å². The Labute approximate surface area is 130 Å². The van der Waals surface area contributed by atoms with Gasteiger partial charge in [-0.3, -0.25) is 4.79 Å². The highest BCUT2D eigenvalue weighted by Crippen LogP contribution is 2.16. The molecule has 1 N–H and O–H groups in total. The first kappa shape index (κ1) is 16.3. The van der Waals surface area contributed by atoms with E-state index in [-0.39, 0.29) is 17.6 Å². The molecule has 2 rings (SSSR count). The lowest BCUT2D eigenvalue weighted by Crippen LogP contribution is -2.41. The number of hydrogen-bond donors (Lipinski definition) is 1. The molecule has 0 aromatic heterocycles. The molecule has 3 nitrogen and oxygen atoms in total. The summed E-state index contributed by atoms with van der Waals surface area (Å²) in [7, 11) is 2.06. The van der Waals surface area contributed by atoms with Crippen LogP contribution >= 0.6 is 11.8 Å². The van der Waals surface area contributed by atoms with Gasteiger partial charge in [-0.15, -0.1) is 0 Å². The van der Waals surface area contributed by atoms with Gasteiger partial charge in [-0.25, -0.2) is 4.39 Å². The van der Waals surface area contributed by atoms with Crippen molar-refractivity contribution < 1.29 is 9.18 Å². The van der Waals surface area contributed by atoms with E-state index in [0.29, 0.717) is 12.3 Å². The Bertz CT molecular complexity index is 469. The van der Waals surface area contributed by atoms with Crippen LogP contribution in [0.2, 0.25) is 0 Å². The van der Waals surface area contributed by atoms with E-state index in [9.17, 15) is 9.18 Å². The minimum atomic E-state index is -0.153. The first-order valence-corrected chi connectivity index (χ1v) is 8.59. The molecule has 1 fully saturated rings. The van der Waals surface area contributed by atoms with Crippen molar-refractivity contribution in [1.82, 2.24) is 10.2 Å². The third kappa shape index (κ3) is 5.32. The Morgan fingerprint density at radius 2 is 2.29 bits per heavy atom. The van der Waals surface area contributed by atoms with E-state index in [1.807, 2.05) is 6.07 Å². The van der Waals surface area contributed by atoms with Crippen LogP contribution in [-0.4, -0.2) is 43.2 Å². The van der Waals surface area contributed by atoms with Crippen LogP contribution in [0.25, 0.3) is 0 Å². The molecular formula is C16H23FN2OS. The minimum absolute atomic E-state index is 0.125. The van der Waals surface area contributed by atoms with Crippen LogP contribution in [0.5, 0.6) is 0 Å². The standard InChI is InChI=1S/C16H23FN2OS/c1-19-9-4-6-13(11-19)16(20)18-8-10-21-12-14-5-2-3-7-15(14)17/h2-3,5,7,13H,4,6,8-12H2,1H3,(H,18,20)/t13-/m1/s1. The summed E-state index contributed by atoms with van der Waals surface area (Å²) < 4.78 is 13.4. The van der Waals surface area contributed by atoms with E-state index in [2.05, 4.69) is 17.3 Å². The number of benzene rings is 1. The highest BCUT2D eigenvalue weighted by molar-refractivity contribution is 7.98. The number of amides is 1. The molecule has 0 radical (unpaired) electrons. The van der Waals surface area contributed by atoms with Gasteiger partial charge in [0.2, 0.25) is 5.91 Å². The van der Waals surface area contributed by atoms with Crippen molar-refractivity contribution in [2.75, 3.05) is 32.4 Å². The number of nitrogens with zero attached hydrogens (tertiary/aromatic N) is 1. The molecule has 5 heteroatoms. The van der Waals surface area contributed by atoms with E-state index in [4.69, 9.17) is 0 Å². The van der Waals surface area contributed by atoms with Gasteiger partial charge in [-0.1, -0.05) is 18.2 Å². The zero-order valence-electron chi connectivity index (χ0n) is 12.5. The molecule has 0 bridgehead atoms. The van der Waals surface area contributed by atoms with Crippen LogP contribution in [0.1, 0.15) is 18.4 Å². The third-order valence-electron chi connectivity index (χ3n) is 3.76. The number of rotatable bonds is 6. The van der Waals surface area contributed by atoms with Crippen LogP contribution < -0.4 is 5.32 Å². The predicted octanol–water partition coefficient (Wildman–Crippen LogP) is 2.52. The fourth-order valence-corrected chi connectivity index (χ4v) is 3.41. The first-order chi connectivity index (χ1) is 10.2. The third-order valence-corrected chi connectivity index (χ3v) is 4.76. The van der Waals surface area contributed by atoms with Crippen molar-refractivity contribution >= 4 is 17.7 Å². The summed E-state index contributed by atoms with van der Waals surface area (Å²) in [5, 5.41) is 2.99. The Balaban J connectivity index is 1.61. The van der Waals surface area contributed by atoms with Crippen molar-refractivity contribution in [1.29, 1.82) is 0 Å². The van der Waals surface area contributed by atoms with Gasteiger partial charge in [-0.05, 0) is 38.1 Å². The fourth-order valence-electron chi connectivity index (χ4n) is 2.57. The molecule has 21 heavy (non-hydrogen) atoms. The maximum Gasteiger partial charge on any atom is 0.224 e. The smallest absolute Gasteiger partial charge is 0.224 e. The SMILES string of the molecule is CN1CCC[C@@H](C(=O)NCCSCc2ccccc2F)C1. The number of thioether (sulfide) groups is 1. The molecule has 1 atom stereocenters. The Kier molecular flexibility index (Phi) is 6.51. The van der Waals surface area contributed by atoms with Crippen LogP contribution in [0, 0.1) is 11.7 Å². The van der Waals surface area contributed by atoms with Crippen molar-refractivity contribution in [3.63, 3.8) is 0 Å². The molecule has 1 aromatic rings. The van der Waals surface area contributed by atoms with Gasteiger partial charge in [0.1, 0.15) is 5.82 Å². The minimum Gasteiger partial charge on any atom is -0.355 e. The average Bonchev–Trinajstić information content (AvgIpc) is 2.48. The maximum atomic E-state index is 13.4. The van der Waals surface area contributed by atoms with Crippen molar-refractivity contribution in [2.45, 2.75) is 18.6 Å². The summed E-state index contributed by atoms with van der Waals surface area (Å²) in [4.78, 5) is 14.2. The van der Waals surface area contributed by atoms with Gasteiger partial charge >= 0.3 is 0 Å². The molecule has 1 aliphatic heterocycles. The molecule has 1 aromatic carbocycles.